The van der Waals surface area contributed by atoms with Crippen molar-refractivity contribution in [2.24, 2.45) is 0 Å². The number of hydrogen-bond acceptors (Lipinski definition) is 4. The summed E-state index contributed by atoms with van der Waals surface area (Å²) in [7, 11) is 1.62. The number of fused-ring (bicyclic) bond motifs is 1. The Morgan fingerprint density at radius 1 is 1.43 bits per heavy atom. The van der Waals surface area contributed by atoms with E-state index in [1.807, 2.05) is 31.2 Å². The fourth-order valence-corrected chi connectivity index (χ4v) is 2.24. The molecule has 1 heterocycles. The largest absolute Gasteiger partial charge is 0.497 e. The molecule has 1 aromatic heterocycles. The predicted molar refractivity (Wildman–Crippen MR) is 80.6 cm³/mol. The summed E-state index contributed by atoms with van der Waals surface area (Å²) in [6.07, 6.45) is 2.50. The Hall–Kier alpha value is -2.01. The average molecular weight is 291 g/mol. The Kier molecular flexibility index (Phi) is 5.22. The molecule has 5 nitrogen and oxygen atoms in total. The quantitative estimate of drug-likeness (QED) is 0.781. The van der Waals surface area contributed by atoms with Gasteiger partial charge < -0.3 is 14.3 Å². The van der Waals surface area contributed by atoms with E-state index in [1.54, 1.807) is 7.11 Å². The zero-order valence-corrected chi connectivity index (χ0v) is 12.4. The van der Waals surface area contributed by atoms with Crippen molar-refractivity contribution in [1.29, 1.82) is 0 Å². The first kappa shape index (κ1) is 15.4. The van der Waals surface area contributed by atoms with Crippen molar-refractivity contribution in [3.8, 4) is 5.75 Å². The van der Waals surface area contributed by atoms with Gasteiger partial charge in [0.25, 0.3) is 0 Å². The third-order valence-electron chi connectivity index (χ3n) is 3.44. The van der Waals surface area contributed by atoms with Crippen LogP contribution < -0.4 is 10.1 Å². The zero-order chi connectivity index (χ0) is 15.2. The van der Waals surface area contributed by atoms with E-state index in [4.69, 9.17) is 9.15 Å². The molecule has 0 radical (unpaired) electrons. The van der Waals surface area contributed by atoms with E-state index in [2.05, 4.69) is 5.32 Å². The Bertz CT molecular complexity index is 605. The van der Waals surface area contributed by atoms with Gasteiger partial charge in [-0.1, -0.05) is 19.8 Å². The van der Waals surface area contributed by atoms with E-state index in [9.17, 15) is 9.90 Å². The lowest BCUT2D eigenvalue weighted by molar-refractivity contribution is -0.139. The molecular formula is C16H21NO4. The molecule has 1 unspecified atom stereocenters. The molecule has 0 aliphatic rings. The second kappa shape index (κ2) is 7.13. The van der Waals surface area contributed by atoms with Crippen molar-refractivity contribution in [1.82, 2.24) is 5.32 Å². The zero-order valence-electron chi connectivity index (χ0n) is 12.4. The molecule has 2 aromatic rings. The number of methoxy groups -OCH3 is 1. The Morgan fingerprint density at radius 3 is 2.90 bits per heavy atom. The summed E-state index contributed by atoms with van der Waals surface area (Å²) in [4.78, 5) is 11.2. The van der Waals surface area contributed by atoms with Crippen LogP contribution in [0, 0.1) is 0 Å². The van der Waals surface area contributed by atoms with Crippen molar-refractivity contribution in [2.45, 2.75) is 38.8 Å². The van der Waals surface area contributed by atoms with E-state index < -0.39 is 12.0 Å². The highest BCUT2D eigenvalue weighted by Crippen LogP contribution is 2.24. The first-order valence-electron chi connectivity index (χ1n) is 7.16. The van der Waals surface area contributed by atoms with Gasteiger partial charge in [0.05, 0.1) is 13.7 Å². The SMILES string of the molecule is CCCCC(NCc1cc2cc(OC)ccc2o1)C(=O)O. The molecule has 5 heteroatoms. The minimum Gasteiger partial charge on any atom is -0.497 e. The van der Waals surface area contributed by atoms with Crippen LogP contribution in [0.2, 0.25) is 0 Å². The molecule has 2 N–H and O–H groups in total. The smallest absolute Gasteiger partial charge is 0.320 e. The lowest BCUT2D eigenvalue weighted by Crippen LogP contribution is -2.36. The van der Waals surface area contributed by atoms with Crippen LogP contribution in [0.15, 0.2) is 28.7 Å². The monoisotopic (exact) mass is 291 g/mol. The van der Waals surface area contributed by atoms with Gasteiger partial charge in [0.1, 0.15) is 23.1 Å². The molecule has 2 rings (SSSR count). The van der Waals surface area contributed by atoms with E-state index in [0.717, 1.165) is 35.3 Å². The summed E-state index contributed by atoms with van der Waals surface area (Å²) >= 11 is 0. The molecule has 0 aliphatic carbocycles. The molecule has 0 saturated carbocycles. The molecule has 114 valence electrons. The van der Waals surface area contributed by atoms with Crippen LogP contribution >= 0.6 is 0 Å². The third-order valence-corrected chi connectivity index (χ3v) is 3.44. The van der Waals surface area contributed by atoms with E-state index in [0.29, 0.717) is 13.0 Å². The maximum atomic E-state index is 11.2. The third kappa shape index (κ3) is 3.98. The van der Waals surface area contributed by atoms with Crippen LogP contribution in [0.3, 0.4) is 0 Å². The van der Waals surface area contributed by atoms with Gasteiger partial charge in [0, 0.05) is 5.39 Å². The molecule has 0 aliphatic heterocycles. The van der Waals surface area contributed by atoms with Gasteiger partial charge in [-0.25, -0.2) is 0 Å². The van der Waals surface area contributed by atoms with Crippen LogP contribution in [0.25, 0.3) is 11.0 Å². The van der Waals surface area contributed by atoms with Crippen LogP contribution in [0.4, 0.5) is 0 Å². The number of aliphatic carboxylic acids is 1. The topological polar surface area (TPSA) is 71.7 Å². The van der Waals surface area contributed by atoms with E-state index >= 15 is 0 Å². The van der Waals surface area contributed by atoms with Gasteiger partial charge in [-0.3, -0.25) is 10.1 Å². The second-order valence-corrected chi connectivity index (χ2v) is 5.03. The Balaban J connectivity index is 2.03. The van der Waals surface area contributed by atoms with Crippen molar-refractivity contribution >= 4 is 16.9 Å². The minimum atomic E-state index is -0.818. The first-order chi connectivity index (χ1) is 10.1. The second-order valence-electron chi connectivity index (χ2n) is 5.03. The number of hydrogen-bond donors (Lipinski definition) is 2. The van der Waals surface area contributed by atoms with Gasteiger partial charge >= 0.3 is 5.97 Å². The van der Waals surface area contributed by atoms with Gasteiger partial charge in [-0.05, 0) is 30.7 Å². The molecule has 0 bridgehead atoms. The maximum absolute atomic E-state index is 11.2. The summed E-state index contributed by atoms with van der Waals surface area (Å²) < 4.78 is 10.9. The van der Waals surface area contributed by atoms with Gasteiger partial charge in [0.2, 0.25) is 0 Å². The number of benzene rings is 1. The summed E-state index contributed by atoms with van der Waals surface area (Å²) in [6, 6.07) is 6.96. The lowest BCUT2D eigenvalue weighted by atomic mass is 10.1. The summed E-state index contributed by atoms with van der Waals surface area (Å²) in [5.74, 6) is 0.677. The molecule has 0 amide bonds. The molecule has 0 spiro atoms. The summed E-state index contributed by atoms with van der Waals surface area (Å²) in [6.45, 7) is 2.45. The van der Waals surface area contributed by atoms with Crippen molar-refractivity contribution in [3.05, 3.63) is 30.0 Å². The molecule has 0 saturated heterocycles. The van der Waals surface area contributed by atoms with Crippen molar-refractivity contribution < 1.29 is 19.1 Å². The van der Waals surface area contributed by atoms with Crippen molar-refractivity contribution in [2.75, 3.05) is 7.11 Å². The van der Waals surface area contributed by atoms with Crippen LogP contribution in [0.1, 0.15) is 31.9 Å². The Labute approximate surface area is 123 Å². The van der Waals surface area contributed by atoms with Crippen LogP contribution in [0.5, 0.6) is 5.75 Å². The molecule has 21 heavy (non-hydrogen) atoms. The molecule has 0 fully saturated rings. The highest BCUT2D eigenvalue weighted by Gasteiger charge is 2.16. The summed E-state index contributed by atoms with van der Waals surface area (Å²) in [5, 5.41) is 13.2. The molecule has 1 atom stereocenters. The summed E-state index contributed by atoms with van der Waals surface area (Å²) in [5.41, 5.74) is 0.771. The van der Waals surface area contributed by atoms with Gasteiger partial charge in [-0.2, -0.15) is 0 Å². The number of furan rings is 1. The number of rotatable bonds is 8. The highest BCUT2D eigenvalue weighted by molar-refractivity contribution is 5.79. The first-order valence-corrected chi connectivity index (χ1v) is 7.16. The minimum absolute atomic E-state index is 0.400. The maximum Gasteiger partial charge on any atom is 0.320 e. The lowest BCUT2D eigenvalue weighted by Gasteiger charge is -2.12. The number of carboxylic acid groups (broad SMARTS) is 1. The molecule has 1 aromatic carbocycles. The highest BCUT2D eigenvalue weighted by atomic mass is 16.5. The number of carbonyl (C=O) groups is 1. The number of nitrogens with one attached hydrogen (secondary N) is 1. The van der Waals surface area contributed by atoms with E-state index in [1.165, 1.54) is 0 Å². The van der Waals surface area contributed by atoms with E-state index in [-0.39, 0.29) is 0 Å². The van der Waals surface area contributed by atoms with Crippen LogP contribution in [-0.2, 0) is 11.3 Å². The average Bonchev–Trinajstić information content (AvgIpc) is 2.88. The predicted octanol–water partition coefficient (Wildman–Crippen LogP) is 3.17. The normalized spacial score (nSPS) is 12.5. The number of unbranched alkanes of at least 4 members (excludes halogenated alkanes) is 1. The van der Waals surface area contributed by atoms with Gasteiger partial charge in [-0.15, -0.1) is 0 Å². The van der Waals surface area contributed by atoms with Crippen molar-refractivity contribution in [3.63, 3.8) is 0 Å². The van der Waals surface area contributed by atoms with Gasteiger partial charge in [0.15, 0.2) is 0 Å². The fourth-order valence-electron chi connectivity index (χ4n) is 2.24. The number of ether oxygens (including phenoxy) is 1. The molecular weight excluding hydrogens is 270 g/mol. The standard InChI is InChI=1S/C16H21NO4/c1-3-4-5-14(16(18)19)17-10-13-9-11-8-12(20-2)6-7-15(11)21-13/h6-9,14,17H,3-5,10H2,1-2H3,(H,18,19). The van der Waals surface area contributed by atoms with Crippen LogP contribution in [-0.4, -0.2) is 24.2 Å². The number of carboxylic acids is 1. The Morgan fingerprint density at radius 2 is 2.24 bits per heavy atom. The fraction of sp³-hybridized carbons (Fsp3) is 0.438.